The number of piperazine rings is 1. The van der Waals surface area contributed by atoms with Gasteiger partial charge in [0.15, 0.2) is 0 Å². The molecule has 0 aromatic rings. The molecule has 4 rings (SSSR count). The summed E-state index contributed by atoms with van der Waals surface area (Å²) in [6, 6.07) is 0.324. The molecule has 2 amide bonds. The molecule has 32 heavy (non-hydrogen) atoms. The Morgan fingerprint density at radius 1 is 0.938 bits per heavy atom. The van der Waals surface area contributed by atoms with Crippen LogP contribution in [-0.2, 0) is 19.6 Å². The molecular weight excluding hydrogens is 426 g/mol. The molecule has 6 atom stereocenters. The van der Waals surface area contributed by atoms with E-state index in [9.17, 15) is 18.0 Å². The molecule has 1 heterocycles. The Bertz CT molecular complexity index is 812. The van der Waals surface area contributed by atoms with Crippen LogP contribution in [0, 0.1) is 17.8 Å². The Kier molecular flexibility index (Phi) is 7.20. The van der Waals surface area contributed by atoms with Crippen LogP contribution in [0.5, 0.6) is 0 Å². The first-order chi connectivity index (χ1) is 15.2. The minimum Gasteiger partial charge on any atom is -0.335 e. The molecule has 1 N–H and O–H groups in total. The zero-order valence-corrected chi connectivity index (χ0v) is 20.8. The van der Waals surface area contributed by atoms with Gasteiger partial charge in [-0.25, -0.2) is 13.1 Å². The van der Waals surface area contributed by atoms with E-state index in [0.29, 0.717) is 24.3 Å². The number of fused-ring (bicyclic) bond motifs is 1. The number of carbonyl (C=O) groups is 2. The van der Waals surface area contributed by atoms with Crippen molar-refractivity contribution < 1.29 is 18.0 Å². The maximum absolute atomic E-state index is 13.3. The Morgan fingerprint density at radius 2 is 1.62 bits per heavy atom. The lowest BCUT2D eigenvalue weighted by Crippen LogP contribution is -2.68. The van der Waals surface area contributed by atoms with Crippen molar-refractivity contribution in [2.45, 2.75) is 109 Å². The third-order valence-corrected chi connectivity index (χ3v) is 10.2. The fourth-order valence-corrected chi connectivity index (χ4v) is 7.76. The normalized spacial score (nSPS) is 36.3. The second kappa shape index (κ2) is 9.61. The predicted octanol–water partition coefficient (Wildman–Crippen LogP) is 2.90. The van der Waals surface area contributed by atoms with Crippen LogP contribution >= 0.6 is 0 Å². The highest BCUT2D eigenvalue weighted by Crippen LogP contribution is 2.44. The quantitative estimate of drug-likeness (QED) is 0.674. The van der Waals surface area contributed by atoms with E-state index in [1.54, 1.807) is 13.8 Å². The van der Waals surface area contributed by atoms with Gasteiger partial charge in [0, 0.05) is 31.5 Å². The summed E-state index contributed by atoms with van der Waals surface area (Å²) in [6.07, 6.45) is 10.1. The lowest BCUT2D eigenvalue weighted by Gasteiger charge is -2.55. The van der Waals surface area contributed by atoms with Gasteiger partial charge >= 0.3 is 0 Å². The number of sulfonamides is 1. The first-order valence-corrected chi connectivity index (χ1v) is 14.4. The van der Waals surface area contributed by atoms with Crippen LogP contribution in [0.3, 0.4) is 0 Å². The number of amides is 2. The lowest BCUT2D eigenvalue weighted by atomic mass is 9.68. The first-order valence-electron chi connectivity index (χ1n) is 12.8. The molecule has 3 saturated carbocycles. The van der Waals surface area contributed by atoms with E-state index in [-0.39, 0.29) is 41.7 Å². The number of nitrogens with zero attached hydrogens (tertiary/aromatic N) is 2. The summed E-state index contributed by atoms with van der Waals surface area (Å²) >= 11 is 0. The Hall–Kier alpha value is -1.15. The molecular formula is C24H41N3O4S. The molecule has 182 valence electrons. The molecule has 4 fully saturated rings. The van der Waals surface area contributed by atoms with Crippen LogP contribution in [0.2, 0.25) is 0 Å². The molecule has 0 radical (unpaired) electrons. The summed E-state index contributed by atoms with van der Waals surface area (Å²) in [4.78, 5) is 30.0. The SMILES string of the molecule is CCS(=O)(=O)NC1CCCC(C2CCC3C(C2)N(C(=O)C2CCC2)C[C@H](C)N3C(C)=O)C1. The van der Waals surface area contributed by atoms with Crippen molar-refractivity contribution in [2.24, 2.45) is 17.8 Å². The predicted molar refractivity (Wildman–Crippen MR) is 124 cm³/mol. The zero-order chi connectivity index (χ0) is 23.0. The summed E-state index contributed by atoms with van der Waals surface area (Å²) in [5, 5.41) is 0. The van der Waals surface area contributed by atoms with E-state index in [4.69, 9.17) is 0 Å². The second-order valence-electron chi connectivity index (χ2n) is 10.7. The highest BCUT2D eigenvalue weighted by atomic mass is 32.2. The molecule has 0 aromatic heterocycles. The van der Waals surface area contributed by atoms with Crippen LogP contribution in [0.15, 0.2) is 0 Å². The maximum Gasteiger partial charge on any atom is 0.226 e. The van der Waals surface area contributed by atoms with Gasteiger partial charge in [0.1, 0.15) is 0 Å². The van der Waals surface area contributed by atoms with Gasteiger partial charge in [-0.05, 0) is 70.6 Å². The Balaban J connectivity index is 1.49. The van der Waals surface area contributed by atoms with Crippen LogP contribution < -0.4 is 4.72 Å². The van der Waals surface area contributed by atoms with Gasteiger partial charge < -0.3 is 9.80 Å². The maximum atomic E-state index is 13.3. The van der Waals surface area contributed by atoms with Gasteiger partial charge in [-0.15, -0.1) is 0 Å². The van der Waals surface area contributed by atoms with E-state index in [0.717, 1.165) is 64.2 Å². The summed E-state index contributed by atoms with van der Waals surface area (Å²) in [5.74, 6) is 1.70. The minimum absolute atomic E-state index is 0.0317. The van der Waals surface area contributed by atoms with E-state index in [2.05, 4.69) is 16.5 Å². The van der Waals surface area contributed by atoms with E-state index >= 15 is 0 Å². The summed E-state index contributed by atoms with van der Waals surface area (Å²) in [7, 11) is -3.19. The number of carbonyl (C=O) groups excluding carboxylic acids is 2. The van der Waals surface area contributed by atoms with Crippen molar-refractivity contribution >= 4 is 21.8 Å². The summed E-state index contributed by atoms with van der Waals surface area (Å²) < 4.78 is 27.1. The monoisotopic (exact) mass is 467 g/mol. The first kappa shape index (κ1) is 24.0. The lowest BCUT2D eigenvalue weighted by molar-refractivity contribution is -0.159. The highest BCUT2D eigenvalue weighted by Gasteiger charge is 2.48. The van der Waals surface area contributed by atoms with Gasteiger partial charge in [-0.2, -0.15) is 0 Å². The fraction of sp³-hybridized carbons (Fsp3) is 0.917. The van der Waals surface area contributed by atoms with Crippen molar-refractivity contribution in [3.8, 4) is 0 Å². The van der Waals surface area contributed by atoms with Crippen molar-refractivity contribution in [3.63, 3.8) is 0 Å². The van der Waals surface area contributed by atoms with Crippen LogP contribution in [0.25, 0.3) is 0 Å². The highest BCUT2D eigenvalue weighted by molar-refractivity contribution is 7.89. The van der Waals surface area contributed by atoms with Crippen LogP contribution in [-0.4, -0.2) is 66.5 Å². The van der Waals surface area contributed by atoms with Crippen LogP contribution in [0.4, 0.5) is 0 Å². The average molecular weight is 468 g/mol. The average Bonchev–Trinajstić information content (AvgIpc) is 2.71. The number of hydrogen-bond acceptors (Lipinski definition) is 4. The second-order valence-corrected chi connectivity index (χ2v) is 12.8. The molecule has 3 aliphatic carbocycles. The van der Waals surface area contributed by atoms with Crippen molar-refractivity contribution in [1.29, 1.82) is 0 Å². The van der Waals surface area contributed by atoms with Gasteiger partial charge in [-0.1, -0.05) is 19.3 Å². The van der Waals surface area contributed by atoms with Crippen molar-refractivity contribution in [1.82, 2.24) is 14.5 Å². The molecule has 0 spiro atoms. The molecule has 1 saturated heterocycles. The van der Waals surface area contributed by atoms with E-state index < -0.39 is 10.0 Å². The smallest absolute Gasteiger partial charge is 0.226 e. The molecule has 5 unspecified atom stereocenters. The van der Waals surface area contributed by atoms with Gasteiger partial charge in [0.2, 0.25) is 21.8 Å². The topological polar surface area (TPSA) is 86.8 Å². The molecule has 0 aromatic carbocycles. The molecule has 8 heteroatoms. The van der Waals surface area contributed by atoms with Gasteiger partial charge in [-0.3, -0.25) is 9.59 Å². The largest absolute Gasteiger partial charge is 0.335 e. The summed E-state index contributed by atoms with van der Waals surface area (Å²) in [5.41, 5.74) is 0. The molecule has 1 aliphatic heterocycles. The molecule has 4 aliphatic rings. The zero-order valence-electron chi connectivity index (χ0n) is 20.0. The third kappa shape index (κ3) is 4.86. The van der Waals surface area contributed by atoms with E-state index in [1.165, 1.54) is 0 Å². The van der Waals surface area contributed by atoms with Gasteiger partial charge in [0.05, 0.1) is 17.8 Å². The number of nitrogens with one attached hydrogen (secondary N) is 1. The fourth-order valence-electron chi connectivity index (χ4n) is 6.87. The third-order valence-electron chi connectivity index (χ3n) is 8.72. The Labute approximate surface area is 193 Å². The Morgan fingerprint density at radius 3 is 2.25 bits per heavy atom. The number of hydrogen-bond donors (Lipinski definition) is 1. The van der Waals surface area contributed by atoms with Crippen molar-refractivity contribution in [2.75, 3.05) is 12.3 Å². The number of rotatable bonds is 5. The van der Waals surface area contributed by atoms with Crippen LogP contribution in [0.1, 0.15) is 85.0 Å². The molecule has 0 bridgehead atoms. The van der Waals surface area contributed by atoms with Crippen molar-refractivity contribution in [3.05, 3.63) is 0 Å². The molecule has 7 nitrogen and oxygen atoms in total. The van der Waals surface area contributed by atoms with Gasteiger partial charge in [0.25, 0.3) is 0 Å². The summed E-state index contributed by atoms with van der Waals surface area (Å²) in [6.45, 7) is 6.07. The van der Waals surface area contributed by atoms with E-state index in [1.807, 2.05) is 4.90 Å². The minimum atomic E-state index is -3.19. The standard InChI is InChI=1S/C24H41N3O4S/c1-4-32(30,31)25-21-10-6-9-19(13-21)20-11-12-22-23(14-20)26(24(29)18-7-5-8-18)15-16(2)27(22)17(3)28/h16,18-23,25H,4-15H2,1-3H3/t16-,19?,20?,21?,22?,23?/m0/s1.